The zero-order valence-corrected chi connectivity index (χ0v) is 11.2. The molecule has 2 heterocycles. The van der Waals surface area contributed by atoms with Gasteiger partial charge in [0.25, 0.3) is 5.56 Å². The number of allylic oxidation sites excluding steroid dienone is 1. The smallest absolute Gasteiger partial charge is 0.264 e. The van der Waals surface area contributed by atoms with Crippen LogP contribution in [-0.4, -0.2) is 19.3 Å². The fraction of sp³-hybridized carbons (Fsp3) is 0.133. The molecular weight excluding hydrogens is 252 g/mol. The second-order valence-electron chi connectivity index (χ2n) is 4.62. The first-order chi connectivity index (χ1) is 9.70. The predicted molar refractivity (Wildman–Crippen MR) is 78.1 cm³/mol. The standard InChI is InChI=1S/C15H14N4O/c1-3-8-18-10-16-14-13(15(18)20)9-17-19(14)12-6-4-11(2)5-7-12/h3-7,9-10H,1,8H2,2H3. The van der Waals surface area contributed by atoms with Crippen LogP contribution in [0.15, 0.2) is 54.2 Å². The number of rotatable bonds is 3. The van der Waals surface area contributed by atoms with Crippen LogP contribution < -0.4 is 5.56 Å². The second-order valence-corrected chi connectivity index (χ2v) is 4.62. The van der Waals surface area contributed by atoms with E-state index in [2.05, 4.69) is 16.7 Å². The summed E-state index contributed by atoms with van der Waals surface area (Å²) in [4.78, 5) is 16.6. The highest BCUT2D eigenvalue weighted by Crippen LogP contribution is 2.14. The Labute approximate surface area is 115 Å². The summed E-state index contributed by atoms with van der Waals surface area (Å²) in [6.45, 7) is 6.10. The van der Waals surface area contributed by atoms with Gasteiger partial charge in [0, 0.05) is 6.54 Å². The van der Waals surface area contributed by atoms with E-state index in [-0.39, 0.29) is 5.56 Å². The number of aryl methyl sites for hydroxylation is 1. The van der Waals surface area contributed by atoms with E-state index >= 15 is 0 Å². The molecule has 5 heteroatoms. The average Bonchev–Trinajstić information content (AvgIpc) is 2.88. The van der Waals surface area contributed by atoms with Crippen molar-refractivity contribution in [2.45, 2.75) is 13.5 Å². The van der Waals surface area contributed by atoms with E-state index in [1.54, 1.807) is 17.0 Å². The molecule has 3 aromatic rings. The molecule has 0 bridgehead atoms. The maximum Gasteiger partial charge on any atom is 0.264 e. The Hall–Kier alpha value is -2.69. The van der Waals surface area contributed by atoms with Crippen LogP contribution in [0.3, 0.4) is 0 Å². The Morgan fingerprint density at radius 2 is 2.05 bits per heavy atom. The highest BCUT2D eigenvalue weighted by Gasteiger charge is 2.10. The third-order valence-corrected chi connectivity index (χ3v) is 3.16. The first kappa shape index (κ1) is 12.3. The normalized spacial score (nSPS) is 10.8. The van der Waals surface area contributed by atoms with Gasteiger partial charge in [-0.15, -0.1) is 6.58 Å². The highest BCUT2D eigenvalue weighted by molar-refractivity contribution is 5.74. The van der Waals surface area contributed by atoms with Crippen molar-refractivity contribution in [3.8, 4) is 5.69 Å². The number of nitrogens with zero attached hydrogens (tertiary/aromatic N) is 4. The van der Waals surface area contributed by atoms with E-state index in [9.17, 15) is 4.79 Å². The second kappa shape index (κ2) is 4.77. The predicted octanol–water partition coefficient (Wildman–Crippen LogP) is 2.08. The maximum absolute atomic E-state index is 12.2. The molecule has 5 nitrogen and oxygen atoms in total. The summed E-state index contributed by atoms with van der Waals surface area (Å²) in [7, 11) is 0. The molecule has 0 saturated heterocycles. The van der Waals surface area contributed by atoms with Gasteiger partial charge in [-0.1, -0.05) is 23.8 Å². The quantitative estimate of drug-likeness (QED) is 0.682. The monoisotopic (exact) mass is 266 g/mol. The molecule has 0 aliphatic carbocycles. The number of hydrogen-bond donors (Lipinski definition) is 0. The molecule has 1 aromatic carbocycles. The van der Waals surface area contributed by atoms with Crippen LogP contribution in [0.25, 0.3) is 16.7 Å². The summed E-state index contributed by atoms with van der Waals surface area (Å²) in [5, 5.41) is 4.78. The Kier molecular flexibility index (Phi) is 2.95. The lowest BCUT2D eigenvalue weighted by molar-refractivity contribution is 0.764. The summed E-state index contributed by atoms with van der Waals surface area (Å²) in [6, 6.07) is 7.92. The van der Waals surface area contributed by atoms with Crippen molar-refractivity contribution in [2.75, 3.05) is 0 Å². The van der Waals surface area contributed by atoms with E-state index in [0.29, 0.717) is 17.6 Å². The van der Waals surface area contributed by atoms with Gasteiger partial charge < -0.3 is 0 Å². The zero-order valence-electron chi connectivity index (χ0n) is 11.2. The lowest BCUT2D eigenvalue weighted by Gasteiger charge is -2.04. The van der Waals surface area contributed by atoms with Crippen molar-refractivity contribution in [3.63, 3.8) is 0 Å². The van der Waals surface area contributed by atoms with Gasteiger partial charge in [-0.2, -0.15) is 5.10 Å². The molecule has 0 spiro atoms. The van der Waals surface area contributed by atoms with Crippen LogP contribution >= 0.6 is 0 Å². The molecule has 0 atom stereocenters. The van der Waals surface area contributed by atoms with Crippen molar-refractivity contribution in [1.82, 2.24) is 19.3 Å². The van der Waals surface area contributed by atoms with E-state index in [4.69, 9.17) is 0 Å². The topological polar surface area (TPSA) is 52.7 Å². The van der Waals surface area contributed by atoms with Crippen LogP contribution in [0.2, 0.25) is 0 Å². The van der Waals surface area contributed by atoms with Crippen LogP contribution in [0, 0.1) is 6.92 Å². The van der Waals surface area contributed by atoms with E-state index < -0.39 is 0 Å². The molecule has 20 heavy (non-hydrogen) atoms. The molecule has 0 fully saturated rings. The lowest BCUT2D eigenvalue weighted by atomic mass is 10.2. The molecule has 100 valence electrons. The van der Waals surface area contributed by atoms with E-state index in [0.717, 1.165) is 5.69 Å². The van der Waals surface area contributed by atoms with Gasteiger partial charge in [0.1, 0.15) is 11.7 Å². The minimum absolute atomic E-state index is 0.103. The summed E-state index contributed by atoms with van der Waals surface area (Å²) < 4.78 is 3.19. The average molecular weight is 266 g/mol. The Bertz CT molecular complexity index is 827. The minimum atomic E-state index is -0.103. The third kappa shape index (κ3) is 1.93. The lowest BCUT2D eigenvalue weighted by Crippen LogP contribution is -2.19. The van der Waals surface area contributed by atoms with Crippen molar-refractivity contribution in [1.29, 1.82) is 0 Å². The maximum atomic E-state index is 12.2. The molecule has 0 N–H and O–H groups in total. The molecular formula is C15H14N4O. The molecule has 0 amide bonds. The van der Waals surface area contributed by atoms with Gasteiger partial charge in [-0.25, -0.2) is 9.67 Å². The summed E-state index contributed by atoms with van der Waals surface area (Å²) in [5.74, 6) is 0. The van der Waals surface area contributed by atoms with Crippen LogP contribution in [0.5, 0.6) is 0 Å². The molecule has 0 radical (unpaired) electrons. The minimum Gasteiger partial charge on any atom is -0.295 e. The van der Waals surface area contributed by atoms with Gasteiger partial charge in [0.2, 0.25) is 0 Å². The molecule has 0 aliphatic rings. The fourth-order valence-corrected chi connectivity index (χ4v) is 2.09. The van der Waals surface area contributed by atoms with E-state index in [1.165, 1.54) is 16.5 Å². The Balaban J connectivity index is 2.19. The number of hydrogen-bond acceptors (Lipinski definition) is 3. The van der Waals surface area contributed by atoms with Crippen LogP contribution in [0.4, 0.5) is 0 Å². The van der Waals surface area contributed by atoms with Crippen molar-refractivity contribution < 1.29 is 0 Å². The Morgan fingerprint density at radius 3 is 2.75 bits per heavy atom. The molecule has 0 aliphatic heterocycles. The molecule has 3 rings (SSSR count). The SMILES string of the molecule is C=CCn1cnc2c(cnn2-c2ccc(C)cc2)c1=O. The summed E-state index contributed by atoms with van der Waals surface area (Å²) in [5.41, 5.74) is 2.53. The van der Waals surface area contributed by atoms with Gasteiger partial charge in [-0.05, 0) is 19.1 Å². The zero-order chi connectivity index (χ0) is 14.1. The summed E-state index contributed by atoms with van der Waals surface area (Å²) >= 11 is 0. The fourth-order valence-electron chi connectivity index (χ4n) is 2.09. The van der Waals surface area contributed by atoms with Gasteiger partial charge in [0.15, 0.2) is 5.65 Å². The first-order valence-electron chi connectivity index (χ1n) is 6.32. The highest BCUT2D eigenvalue weighted by atomic mass is 16.1. The van der Waals surface area contributed by atoms with Gasteiger partial charge >= 0.3 is 0 Å². The first-order valence-corrected chi connectivity index (χ1v) is 6.32. The van der Waals surface area contributed by atoms with Crippen LogP contribution in [0.1, 0.15) is 5.56 Å². The largest absolute Gasteiger partial charge is 0.295 e. The Morgan fingerprint density at radius 1 is 1.30 bits per heavy atom. The number of aromatic nitrogens is 4. The van der Waals surface area contributed by atoms with Gasteiger partial charge in [-0.3, -0.25) is 9.36 Å². The number of fused-ring (bicyclic) bond motifs is 1. The van der Waals surface area contributed by atoms with Crippen molar-refractivity contribution in [3.05, 3.63) is 65.4 Å². The molecule has 0 saturated carbocycles. The van der Waals surface area contributed by atoms with Gasteiger partial charge in [0.05, 0.1) is 11.9 Å². The number of benzene rings is 1. The molecule has 0 unspecified atom stereocenters. The third-order valence-electron chi connectivity index (χ3n) is 3.16. The van der Waals surface area contributed by atoms with Crippen molar-refractivity contribution >= 4 is 11.0 Å². The van der Waals surface area contributed by atoms with E-state index in [1.807, 2.05) is 31.2 Å². The van der Waals surface area contributed by atoms with Crippen molar-refractivity contribution in [2.24, 2.45) is 0 Å². The molecule has 2 aromatic heterocycles. The van der Waals surface area contributed by atoms with Crippen LogP contribution in [-0.2, 0) is 6.54 Å². The summed E-state index contributed by atoms with van der Waals surface area (Å²) in [6.07, 6.45) is 4.75.